The first-order valence-electron chi connectivity index (χ1n) is 7.04. The standard InChI is InChI=1S/C15H18Cl2N2O4/c1-3-6-18-14(21)9(2)19-13(20)8-23-15(22)11-5-4-10(16)7-12(11)17/h4-5,7,9H,3,6,8H2,1-2H3,(H,18,21)(H,19,20)/t9-/m1/s1. The topological polar surface area (TPSA) is 84.5 Å². The van der Waals surface area contributed by atoms with Crippen molar-refractivity contribution in [1.29, 1.82) is 0 Å². The maximum absolute atomic E-state index is 11.8. The Bertz CT molecular complexity index is 593. The van der Waals surface area contributed by atoms with Crippen molar-refractivity contribution >= 4 is 41.0 Å². The maximum Gasteiger partial charge on any atom is 0.340 e. The van der Waals surface area contributed by atoms with E-state index in [1.807, 2.05) is 6.92 Å². The van der Waals surface area contributed by atoms with Crippen LogP contribution in [0.4, 0.5) is 0 Å². The summed E-state index contributed by atoms with van der Waals surface area (Å²) in [5.41, 5.74) is 0.109. The molecule has 1 aromatic carbocycles. The van der Waals surface area contributed by atoms with E-state index in [1.54, 1.807) is 6.92 Å². The van der Waals surface area contributed by atoms with Crippen LogP contribution in [0.15, 0.2) is 18.2 Å². The molecular formula is C15H18Cl2N2O4. The Morgan fingerprint density at radius 3 is 2.57 bits per heavy atom. The van der Waals surface area contributed by atoms with Crippen LogP contribution in [-0.2, 0) is 14.3 Å². The van der Waals surface area contributed by atoms with Gasteiger partial charge in [-0.3, -0.25) is 9.59 Å². The highest BCUT2D eigenvalue weighted by Gasteiger charge is 2.17. The van der Waals surface area contributed by atoms with Crippen LogP contribution in [0.3, 0.4) is 0 Å². The van der Waals surface area contributed by atoms with Crippen molar-refractivity contribution in [2.75, 3.05) is 13.2 Å². The number of amides is 2. The van der Waals surface area contributed by atoms with Crippen LogP contribution in [0.2, 0.25) is 10.0 Å². The fourth-order valence-corrected chi connectivity index (χ4v) is 2.10. The molecule has 0 aromatic heterocycles. The molecule has 0 aliphatic heterocycles. The molecule has 0 aliphatic rings. The van der Waals surface area contributed by atoms with E-state index in [1.165, 1.54) is 18.2 Å². The molecule has 1 atom stereocenters. The van der Waals surface area contributed by atoms with E-state index in [4.69, 9.17) is 27.9 Å². The van der Waals surface area contributed by atoms with E-state index < -0.39 is 24.5 Å². The van der Waals surface area contributed by atoms with Gasteiger partial charge < -0.3 is 15.4 Å². The van der Waals surface area contributed by atoms with Crippen LogP contribution in [0, 0.1) is 0 Å². The molecule has 0 saturated heterocycles. The molecule has 0 fully saturated rings. The summed E-state index contributed by atoms with van der Waals surface area (Å²) in [5.74, 6) is -1.63. The quantitative estimate of drug-likeness (QED) is 0.729. The molecule has 0 heterocycles. The van der Waals surface area contributed by atoms with E-state index in [9.17, 15) is 14.4 Å². The summed E-state index contributed by atoms with van der Waals surface area (Å²) in [7, 11) is 0. The van der Waals surface area contributed by atoms with Crippen molar-refractivity contribution in [3.8, 4) is 0 Å². The molecule has 2 amide bonds. The number of carbonyl (C=O) groups is 3. The van der Waals surface area contributed by atoms with Gasteiger partial charge in [0.15, 0.2) is 6.61 Å². The van der Waals surface area contributed by atoms with Gasteiger partial charge in [-0.15, -0.1) is 0 Å². The average molecular weight is 361 g/mol. The van der Waals surface area contributed by atoms with Gasteiger partial charge in [0.05, 0.1) is 10.6 Å². The Kier molecular flexibility index (Phi) is 7.85. The SMILES string of the molecule is CCCNC(=O)[C@@H](C)NC(=O)COC(=O)c1ccc(Cl)cc1Cl. The van der Waals surface area contributed by atoms with E-state index in [2.05, 4.69) is 10.6 Å². The minimum atomic E-state index is -0.745. The van der Waals surface area contributed by atoms with Crippen LogP contribution in [0.1, 0.15) is 30.6 Å². The Balaban J connectivity index is 2.46. The van der Waals surface area contributed by atoms with Gasteiger partial charge in [-0.1, -0.05) is 30.1 Å². The number of rotatable bonds is 7. The Morgan fingerprint density at radius 2 is 1.96 bits per heavy atom. The van der Waals surface area contributed by atoms with E-state index in [0.717, 1.165) is 6.42 Å². The van der Waals surface area contributed by atoms with Crippen LogP contribution >= 0.6 is 23.2 Å². The van der Waals surface area contributed by atoms with Crippen LogP contribution < -0.4 is 10.6 Å². The summed E-state index contributed by atoms with van der Waals surface area (Å²) in [5, 5.41) is 5.61. The number of nitrogens with one attached hydrogen (secondary N) is 2. The highest BCUT2D eigenvalue weighted by Crippen LogP contribution is 2.21. The molecule has 6 nitrogen and oxygen atoms in total. The lowest BCUT2D eigenvalue weighted by Gasteiger charge is -2.14. The number of ether oxygens (including phenoxy) is 1. The fourth-order valence-electron chi connectivity index (χ4n) is 1.61. The van der Waals surface area contributed by atoms with Crippen LogP contribution in [0.5, 0.6) is 0 Å². The highest BCUT2D eigenvalue weighted by atomic mass is 35.5. The predicted octanol–water partition coefficient (Wildman–Crippen LogP) is 2.18. The Morgan fingerprint density at radius 1 is 1.26 bits per heavy atom. The maximum atomic E-state index is 11.8. The lowest BCUT2D eigenvalue weighted by Crippen LogP contribution is -2.46. The lowest BCUT2D eigenvalue weighted by atomic mass is 10.2. The summed E-state index contributed by atoms with van der Waals surface area (Å²) < 4.78 is 4.86. The summed E-state index contributed by atoms with van der Waals surface area (Å²) in [6.45, 7) is 3.48. The summed E-state index contributed by atoms with van der Waals surface area (Å²) >= 11 is 11.6. The number of carbonyl (C=O) groups excluding carboxylic acids is 3. The van der Waals surface area contributed by atoms with Gasteiger partial charge in [-0.2, -0.15) is 0 Å². The normalized spacial score (nSPS) is 11.5. The van der Waals surface area contributed by atoms with Crippen molar-refractivity contribution in [3.63, 3.8) is 0 Å². The number of hydrogen-bond acceptors (Lipinski definition) is 4. The van der Waals surface area contributed by atoms with Gasteiger partial charge in [0.2, 0.25) is 5.91 Å². The third kappa shape index (κ3) is 6.46. The van der Waals surface area contributed by atoms with Gasteiger partial charge in [0.1, 0.15) is 6.04 Å². The zero-order chi connectivity index (χ0) is 17.4. The molecule has 0 spiro atoms. The van der Waals surface area contributed by atoms with Gasteiger partial charge in [-0.25, -0.2) is 4.79 Å². The number of halogens is 2. The second-order valence-corrected chi connectivity index (χ2v) is 5.62. The molecule has 0 aliphatic carbocycles. The van der Waals surface area contributed by atoms with E-state index in [-0.39, 0.29) is 16.5 Å². The molecule has 126 valence electrons. The minimum absolute atomic E-state index is 0.109. The molecule has 0 bridgehead atoms. The number of esters is 1. The summed E-state index contributed by atoms with van der Waals surface area (Å²) in [4.78, 5) is 35.1. The third-order valence-corrected chi connectivity index (χ3v) is 3.35. The number of benzene rings is 1. The van der Waals surface area contributed by atoms with E-state index in [0.29, 0.717) is 11.6 Å². The van der Waals surface area contributed by atoms with Crippen molar-refractivity contribution in [2.45, 2.75) is 26.3 Å². The minimum Gasteiger partial charge on any atom is -0.452 e. The molecular weight excluding hydrogens is 343 g/mol. The molecule has 1 aromatic rings. The predicted molar refractivity (Wildman–Crippen MR) is 87.6 cm³/mol. The first kappa shape index (κ1) is 19.3. The highest BCUT2D eigenvalue weighted by molar-refractivity contribution is 6.36. The first-order chi connectivity index (χ1) is 10.8. The van der Waals surface area contributed by atoms with Crippen molar-refractivity contribution in [1.82, 2.24) is 10.6 Å². The van der Waals surface area contributed by atoms with Gasteiger partial charge in [0.25, 0.3) is 5.91 Å². The average Bonchev–Trinajstić information content (AvgIpc) is 2.50. The summed E-state index contributed by atoms with van der Waals surface area (Å²) in [6.07, 6.45) is 0.797. The van der Waals surface area contributed by atoms with Crippen LogP contribution in [0.25, 0.3) is 0 Å². The lowest BCUT2D eigenvalue weighted by molar-refractivity contribution is -0.130. The van der Waals surface area contributed by atoms with Crippen molar-refractivity contribution in [3.05, 3.63) is 33.8 Å². The van der Waals surface area contributed by atoms with Gasteiger partial charge >= 0.3 is 5.97 Å². The third-order valence-electron chi connectivity index (χ3n) is 2.81. The fraction of sp³-hybridized carbons (Fsp3) is 0.400. The first-order valence-corrected chi connectivity index (χ1v) is 7.80. The van der Waals surface area contributed by atoms with Crippen molar-refractivity contribution in [2.24, 2.45) is 0 Å². The monoisotopic (exact) mass is 360 g/mol. The second-order valence-electron chi connectivity index (χ2n) is 4.78. The molecule has 8 heteroatoms. The van der Waals surface area contributed by atoms with Crippen LogP contribution in [-0.4, -0.2) is 37.0 Å². The van der Waals surface area contributed by atoms with Crippen molar-refractivity contribution < 1.29 is 19.1 Å². The Hall–Kier alpha value is -1.79. The van der Waals surface area contributed by atoms with Gasteiger partial charge in [-0.05, 0) is 31.5 Å². The number of hydrogen-bond donors (Lipinski definition) is 2. The zero-order valence-corrected chi connectivity index (χ0v) is 14.3. The molecule has 23 heavy (non-hydrogen) atoms. The molecule has 0 unspecified atom stereocenters. The molecule has 1 rings (SSSR count). The molecule has 0 saturated carbocycles. The molecule has 0 radical (unpaired) electrons. The van der Waals surface area contributed by atoms with E-state index >= 15 is 0 Å². The largest absolute Gasteiger partial charge is 0.452 e. The molecule has 2 N–H and O–H groups in total. The second kappa shape index (κ2) is 9.37. The summed E-state index contributed by atoms with van der Waals surface area (Å²) in [6, 6.07) is 3.59. The zero-order valence-electron chi connectivity index (χ0n) is 12.8. The smallest absolute Gasteiger partial charge is 0.340 e. The Labute approximate surface area is 144 Å². The van der Waals surface area contributed by atoms with Gasteiger partial charge in [0, 0.05) is 11.6 Å².